The van der Waals surface area contributed by atoms with Crippen LogP contribution in [0.5, 0.6) is 0 Å². The second-order valence-corrected chi connectivity index (χ2v) is 8.28. The first-order chi connectivity index (χ1) is 14.6. The van der Waals surface area contributed by atoms with E-state index in [1.54, 1.807) is 0 Å². The maximum absolute atomic E-state index is 13.2. The lowest BCUT2D eigenvalue weighted by Gasteiger charge is -2.08. The highest BCUT2D eigenvalue weighted by Gasteiger charge is 2.16. The maximum atomic E-state index is 13.2. The Hall–Kier alpha value is -3.50. The number of aromatic nitrogens is 1. The molecule has 1 N–H and O–H groups in total. The van der Waals surface area contributed by atoms with Crippen LogP contribution in [0.1, 0.15) is 21.6 Å². The lowest BCUT2D eigenvalue weighted by Crippen LogP contribution is -2.13. The Bertz CT molecular complexity index is 1180. The van der Waals surface area contributed by atoms with Gasteiger partial charge >= 0.3 is 0 Å². The van der Waals surface area contributed by atoms with Crippen molar-refractivity contribution in [2.75, 3.05) is 5.32 Å². The molecule has 0 spiro atoms. The van der Waals surface area contributed by atoms with Gasteiger partial charge in [0.2, 0.25) is 0 Å². The maximum Gasteiger partial charge on any atom is 0.258 e. The van der Waals surface area contributed by atoms with Crippen molar-refractivity contribution in [2.24, 2.45) is 0 Å². The summed E-state index contributed by atoms with van der Waals surface area (Å²) in [6.07, 6.45) is 1.91. The largest absolute Gasteiger partial charge is 0.298 e. The van der Waals surface area contributed by atoms with Crippen LogP contribution >= 0.6 is 11.3 Å². The Labute approximate surface area is 180 Å². The van der Waals surface area contributed by atoms with Crippen LogP contribution in [0.15, 0.2) is 84.9 Å². The first-order valence-corrected chi connectivity index (χ1v) is 10.6. The van der Waals surface area contributed by atoms with Gasteiger partial charge in [-0.3, -0.25) is 10.1 Å². The summed E-state index contributed by atoms with van der Waals surface area (Å²) in [6, 6.07) is 27.8. The van der Waals surface area contributed by atoms with Gasteiger partial charge in [0.1, 0.15) is 0 Å². The summed E-state index contributed by atoms with van der Waals surface area (Å²) in [5.74, 6) is -0.172. The quantitative estimate of drug-likeness (QED) is 0.297. The minimum absolute atomic E-state index is 0.172. The average molecular weight is 411 g/mol. The number of carbonyl (C=O) groups is 1. The Balaban J connectivity index is 1.64. The molecule has 1 aromatic heterocycles. The predicted octanol–water partition coefficient (Wildman–Crippen LogP) is 6.61. The summed E-state index contributed by atoms with van der Waals surface area (Å²) in [6.45, 7) is 4.09. The normalized spacial score (nSPS) is 11.3. The molecule has 4 rings (SSSR count). The van der Waals surface area contributed by atoms with E-state index < -0.39 is 0 Å². The lowest BCUT2D eigenvalue weighted by molar-refractivity contribution is -0.111. The van der Waals surface area contributed by atoms with Gasteiger partial charge in [-0.15, -0.1) is 11.3 Å². The van der Waals surface area contributed by atoms with Gasteiger partial charge in [-0.05, 0) is 31.1 Å². The van der Waals surface area contributed by atoms with Crippen molar-refractivity contribution >= 4 is 34.0 Å². The van der Waals surface area contributed by atoms with Gasteiger partial charge < -0.3 is 0 Å². The van der Waals surface area contributed by atoms with Crippen molar-refractivity contribution < 1.29 is 4.79 Å². The number of anilines is 1. The molecule has 30 heavy (non-hydrogen) atoms. The average Bonchev–Trinajstić information content (AvgIpc) is 3.13. The highest BCUT2D eigenvalue weighted by Crippen LogP contribution is 2.31. The van der Waals surface area contributed by atoms with E-state index in [1.807, 2.05) is 73.7 Å². The number of hydrogen-bond acceptors (Lipinski definition) is 3. The van der Waals surface area contributed by atoms with E-state index in [9.17, 15) is 4.79 Å². The van der Waals surface area contributed by atoms with Crippen LogP contribution in [0.3, 0.4) is 0 Å². The number of nitrogens with one attached hydrogen (secondary N) is 1. The zero-order chi connectivity index (χ0) is 20.9. The number of rotatable bonds is 5. The van der Waals surface area contributed by atoms with E-state index in [0.717, 1.165) is 27.3 Å². The molecule has 1 heterocycles. The minimum Gasteiger partial charge on any atom is -0.298 e. The highest BCUT2D eigenvalue weighted by atomic mass is 32.1. The zero-order valence-corrected chi connectivity index (χ0v) is 17.7. The number of amides is 1. The third kappa shape index (κ3) is 4.56. The van der Waals surface area contributed by atoms with Crippen molar-refractivity contribution in [1.29, 1.82) is 0 Å². The monoisotopic (exact) mass is 410 g/mol. The van der Waals surface area contributed by atoms with Gasteiger partial charge in [-0.25, -0.2) is 4.98 Å². The molecule has 0 fully saturated rings. The Morgan fingerprint density at radius 3 is 2.17 bits per heavy atom. The predicted molar refractivity (Wildman–Crippen MR) is 126 cm³/mol. The molecule has 3 aromatic carbocycles. The summed E-state index contributed by atoms with van der Waals surface area (Å²) < 4.78 is 0. The van der Waals surface area contributed by atoms with E-state index in [0.29, 0.717) is 10.7 Å². The number of benzene rings is 3. The van der Waals surface area contributed by atoms with Crippen LogP contribution in [0, 0.1) is 13.8 Å². The minimum atomic E-state index is -0.172. The van der Waals surface area contributed by atoms with E-state index >= 15 is 0 Å². The fourth-order valence-corrected chi connectivity index (χ4v) is 4.04. The summed E-state index contributed by atoms with van der Waals surface area (Å²) in [5, 5.41) is 3.60. The van der Waals surface area contributed by atoms with E-state index in [-0.39, 0.29) is 5.91 Å². The third-order valence-corrected chi connectivity index (χ3v) is 5.67. The smallest absolute Gasteiger partial charge is 0.258 e. The molecule has 0 aliphatic carbocycles. The van der Waals surface area contributed by atoms with Crippen LogP contribution in [0.2, 0.25) is 0 Å². The summed E-state index contributed by atoms with van der Waals surface area (Å²) in [5.41, 5.74) is 5.61. The number of nitrogens with zero attached hydrogens (tertiary/aromatic N) is 1. The van der Waals surface area contributed by atoms with Gasteiger partial charge in [0, 0.05) is 16.0 Å². The van der Waals surface area contributed by atoms with Crippen molar-refractivity contribution in [3.8, 4) is 11.3 Å². The molecular formula is C26H22N2OS. The zero-order valence-electron chi connectivity index (χ0n) is 16.9. The molecule has 0 bridgehead atoms. The lowest BCUT2D eigenvalue weighted by atomic mass is 10.0. The summed E-state index contributed by atoms with van der Waals surface area (Å²) >= 11 is 1.49. The molecule has 4 aromatic rings. The van der Waals surface area contributed by atoms with Crippen LogP contribution in [-0.2, 0) is 4.79 Å². The van der Waals surface area contributed by atoms with Crippen LogP contribution in [0.4, 0.5) is 5.13 Å². The molecule has 1 amide bonds. The number of hydrogen-bond donors (Lipinski definition) is 1. The molecule has 0 atom stereocenters. The fraction of sp³-hybridized carbons (Fsp3) is 0.0769. The summed E-state index contributed by atoms with van der Waals surface area (Å²) in [7, 11) is 0. The Morgan fingerprint density at radius 2 is 1.50 bits per heavy atom. The van der Waals surface area contributed by atoms with Crippen LogP contribution in [-0.4, -0.2) is 10.9 Å². The first kappa shape index (κ1) is 19.8. The van der Waals surface area contributed by atoms with Gasteiger partial charge in [0.25, 0.3) is 5.91 Å². The molecule has 0 radical (unpaired) electrons. The number of carbonyl (C=O) groups excluding carboxylic acids is 1. The van der Waals surface area contributed by atoms with Gasteiger partial charge in [-0.2, -0.15) is 0 Å². The Morgan fingerprint density at radius 1 is 0.867 bits per heavy atom. The summed E-state index contributed by atoms with van der Waals surface area (Å²) in [4.78, 5) is 19.0. The number of thiazole rings is 1. The molecule has 0 saturated carbocycles. The Kier molecular flexibility index (Phi) is 5.87. The van der Waals surface area contributed by atoms with Gasteiger partial charge in [-0.1, -0.05) is 90.5 Å². The molecule has 0 saturated heterocycles. The molecular weight excluding hydrogens is 388 g/mol. The van der Waals surface area contributed by atoms with Crippen molar-refractivity contribution in [3.05, 3.63) is 106 Å². The van der Waals surface area contributed by atoms with Crippen LogP contribution < -0.4 is 5.32 Å². The van der Waals surface area contributed by atoms with E-state index in [4.69, 9.17) is 4.98 Å². The molecule has 0 aliphatic rings. The molecule has 0 aliphatic heterocycles. The molecule has 148 valence electrons. The second kappa shape index (κ2) is 8.89. The molecule has 3 nitrogen and oxygen atoms in total. The topological polar surface area (TPSA) is 42.0 Å². The standard InChI is InChI=1S/C26H22N2OS/c1-18-13-15-22(16-14-18)24-19(2)30-26(27-24)28-25(29)23(21-11-7-4-8-12-21)17-20-9-5-3-6-10-20/h3-17H,1-2H3,(H,27,28,29)/b23-17-. The first-order valence-electron chi connectivity index (χ1n) is 9.78. The van der Waals surface area contributed by atoms with E-state index in [2.05, 4.69) is 36.5 Å². The van der Waals surface area contributed by atoms with E-state index in [1.165, 1.54) is 16.9 Å². The number of aryl methyl sites for hydroxylation is 2. The van der Waals surface area contributed by atoms with Crippen molar-refractivity contribution in [3.63, 3.8) is 0 Å². The van der Waals surface area contributed by atoms with Gasteiger partial charge in [0.05, 0.1) is 5.69 Å². The highest BCUT2D eigenvalue weighted by molar-refractivity contribution is 7.16. The third-order valence-electron chi connectivity index (χ3n) is 4.78. The SMILES string of the molecule is Cc1ccc(-c2nc(NC(=O)/C(=C\c3ccccc3)c3ccccc3)sc2C)cc1. The second-order valence-electron chi connectivity index (χ2n) is 7.08. The molecule has 0 unspecified atom stereocenters. The fourth-order valence-electron chi connectivity index (χ4n) is 3.21. The molecule has 4 heteroatoms. The van der Waals surface area contributed by atoms with Gasteiger partial charge in [0.15, 0.2) is 5.13 Å². The van der Waals surface area contributed by atoms with Crippen molar-refractivity contribution in [2.45, 2.75) is 13.8 Å². The van der Waals surface area contributed by atoms with Crippen molar-refractivity contribution in [1.82, 2.24) is 4.98 Å². The van der Waals surface area contributed by atoms with Crippen LogP contribution in [0.25, 0.3) is 22.9 Å².